The molecule has 0 spiro atoms. The Morgan fingerprint density at radius 2 is 2.06 bits per heavy atom. The van der Waals surface area contributed by atoms with Crippen molar-refractivity contribution in [3.05, 3.63) is 12.7 Å². The fraction of sp³-hybridized carbons (Fsp3) is 0.800. The van der Waals surface area contributed by atoms with E-state index >= 15 is 0 Å². The lowest BCUT2D eigenvalue weighted by Gasteiger charge is -2.47. The molecule has 2 fully saturated rings. The number of likely N-dealkylation sites (tertiary alicyclic amines) is 1. The van der Waals surface area contributed by atoms with Crippen LogP contribution in [0.1, 0.15) is 51.4 Å². The Balaban J connectivity index is 2.03. The third-order valence-electron chi connectivity index (χ3n) is 4.62. The number of allylic oxidation sites excluding steroid dienone is 1. The van der Waals surface area contributed by atoms with E-state index in [2.05, 4.69) is 11.5 Å². The van der Waals surface area contributed by atoms with Crippen LogP contribution in [0.15, 0.2) is 12.7 Å². The van der Waals surface area contributed by atoms with Crippen molar-refractivity contribution in [1.29, 1.82) is 0 Å². The second-order valence-corrected chi connectivity index (χ2v) is 5.71. The van der Waals surface area contributed by atoms with Gasteiger partial charge in [0.15, 0.2) is 0 Å². The fourth-order valence-corrected chi connectivity index (χ4v) is 3.74. The Hall–Kier alpha value is -0.830. The molecule has 0 radical (unpaired) electrons. The summed E-state index contributed by atoms with van der Waals surface area (Å²) in [5, 5.41) is 9.39. The molecule has 0 aromatic rings. The van der Waals surface area contributed by atoms with Crippen LogP contribution >= 0.6 is 0 Å². The number of nitrogens with zero attached hydrogens (tertiary/aromatic N) is 1. The number of carbonyl (C=O) groups is 1. The Kier molecular flexibility index (Phi) is 4.81. The summed E-state index contributed by atoms with van der Waals surface area (Å²) < 4.78 is 0. The van der Waals surface area contributed by atoms with Crippen LogP contribution in [0.3, 0.4) is 0 Å². The van der Waals surface area contributed by atoms with Crippen LogP contribution in [-0.2, 0) is 4.79 Å². The van der Waals surface area contributed by atoms with Gasteiger partial charge in [-0.05, 0) is 51.0 Å². The van der Waals surface area contributed by atoms with Gasteiger partial charge in [0.2, 0.25) is 0 Å². The maximum Gasteiger partial charge on any atom is 0.320 e. The van der Waals surface area contributed by atoms with Crippen molar-refractivity contribution in [1.82, 2.24) is 4.90 Å². The Labute approximate surface area is 110 Å². The normalized spacial score (nSPS) is 32.8. The van der Waals surface area contributed by atoms with E-state index in [0.29, 0.717) is 6.04 Å². The zero-order chi connectivity index (χ0) is 13.0. The van der Waals surface area contributed by atoms with E-state index in [1.807, 2.05) is 6.08 Å². The van der Waals surface area contributed by atoms with Gasteiger partial charge in [0.1, 0.15) is 6.04 Å². The standard InChI is InChI=1S/C15H25NO2/c1-2-3-6-11-16-13-8-5-4-7-12(13)9-10-14(16)15(17)18/h2,12-14H,1,3-11H2,(H,17,18). The van der Waals surface area contributed by atoms with E-state index in [-0.39, 0.29) is 6.04 Å². The molecule has 3 unspecified atom stereocenters. The molecule has 0 amide bonds. The van der Waals surface area contributed by atoms with E-state index in [4.69, 9.17) is 0 Å². The first-order chi connectivity index (χ1) is 8.74. The number of fused-ring (bicyclic) bond motifs is 1. The Bertz CT molecular complexity index is 303. The molecule has 2 aliphatic rings. The SMILES string of the molecule is C=CCCCN1C(C(=O)O)CCC2CCCCC21. The van der Waals surface area contributed by atoms with Crippen LogP contribution in [0.4, 0.5) is 0 Å². The molecule has 3 nitrogen and oxygen atoms in total. The van der Waals surface area contributed by atoms with Gasteiger partial charge in [-0.1, -0.05) is 18.9 Å². The van der Waals surface area contributed by atoms with Crippen molar-refractivity contribution in [3.8, 4) is 0 Å². The molecule has 0 aromatic heterocycles. The van der Waals surface area contributed by atoms with E-state index in [0.717, 1.165) is 38.1 Å². The third-order valence-corrected chi connectivity index (χ3v) is 4.62. The summed E-state index contributed by atoms with van der Waals surface area (Å²) in [5.41, 5.74) is 0. The van der Waals surface area contributed by atoms with Gasteiger partial charge >= 0.3 is 5.97 Å². The molecule has 102 valence electrons. The zero-order valence-corrected chi connectivity index (χ0v) is 11.2. The average molecular weight is 251 g/mol. The Morgan fingerprint density at radius 3 is 2.78 bits per heavy atom. The topological polar surface area (TPSA) is 40.5 Å². The smallest absolute Gasteiger partial charge is 0.320 e. The van der Waals surface area contributed by atoms with Gasteiger partial charge in [0.25, 0.3) is 0 Å². The maximum absolute atomic E-state index is 11.4. The lowest BCUT2D eigenvalue weighted by molar-refractivity contribution is -0.148. The maximum atomic E-state index is 11.4. The first-order valence-corrected chi connectivity index (χ1v) is 7.33. The first-order valence-electron chi connectivity index (χ1n) is 7.33. The number of carboxylic acid groups (broad SMARTS) is 1. The van der Waals surface area contributed by atoms with Gasteiger partial charge in [-0.15, -0.1) is 6.58 Å². The van der Waals surface area contributed by atoms with E-state index in [1.165, 1.54) is 25.7 Å². The minimum atomic E-state index is -0.627. The molecule has 0 bridgehead atoms. The number of hydrogen-bond donors (Lipinski definition) is 1. The predicted molar refractivity (Wildman–Crippen MR) is 72.5 cm³/mol. The van der Waals surface area contributed by atoms with Crippen molar-refractivity contribution >= 4 is 5.97 Å². The highest BCUT2D eigenvalue weighted by Crippen LogP contribution is 2.38. The Morgan fingerprint density at radius 1 is 1.28 bits per heavy atom. The number of rotatable bonds is 5. The molecular formula is C15H25NO2. The largest absolute Gasteiger partial charge is 0.480 e. The second kappa shape index (κ2) is 6.37. The molecule has 3 atom stereocenters. The molecule has 1 N–H and O–H groups in total. The molecule has 1 heterocycles. The summed E-state index contributed by atoms with van der Waals surface area (Å²) in [4.78, 5) is 13.7. The molecule has 1 saturated heterocycles. The summed E-state index contributed by atoms with van der Waals surface area (Å²) in [7, 11) is 0. The van der Waals surface area contributed by atoms with Gasteiger partial charge in [0, 0.05) is 6.04 Å². The monoisotopic (exact) mass is 251 g/mol. The third kappa shape index (κ3) is 2.94. The first kappa shape index (κ1) is 13.6. The number of unbranched alkanes of at least 4 members (excludes halogenated alkanes) is 1. The van der Waals surface area contributed by atoms with Crippen LogP contribution in [0.25, 0.3) is 0 Å². The molecule has 1 saturated carbocycles. The summed E-state index contributed by atoms with van der Waals surface area (Å²) in [6.45, 7) is 4.66. The quantitative estimate of drug-likeness (QED) is 0.603. The molecule has 0 aromatic carbocycles. The van der Waals surface area contributed by atoms with E-state index in [1.54, 1.807) is 0 Å². The van der Waals surface area contributed by atoms with Crippen LogP contribution in [0.5, 0.6) is 0 Å². The van der Waals surface area contributed by atoms with Gasteiger partial charge in [-0.3, -0.25) is 9.69 Å². The van der Waals surface area contributed by atoms with E-state index in [9.17, 15) is 9.90 Å². The number of hydrogen-bond acceptors (Lipinski definition) is 2. The van der Waals surface area contributed by atoms with Crippen molar-refractivity contribution in [3.63, 3.8) is 0 Å². The van der Waals surface area contributed by atoms with Gasteiger partial charge in [-0.2, -0.15) is 0 Å². The lowest BCUT2D eigenvalue weighted by atomic mass is 9.76. The van der Waals surface area contributed by atoms with Gasteiger partial charge in [0.05, 0.1) is 0 Å². The highest BCUT2D eigenvalue weighted by Gasteiger charge is 2.40. The fourth-order valence-electron chi connectivity index (χ4n) is 3.74. The van der Waals surface area contributed by atoms with Crippen molar-refractivity contribution in [2.75, 3.05) is 6.54 Å². The lowest BCUT2D eigenvalue weighted by Crippen LogP contribution is -2.55. The van der Waals surface area contributed by atoms with Crippen molar-refractivity contribution < 1.29 is 9.90 Å². The van der Waals surface area contributed by atoms with Crippen LogP contribution in [-0.4, -0.2) is 34.6 Å². The van der Waals surface area contributed by atoms with Gasteiger partial charge < -0.3 is 5.11 Å². The molecule has 3 heteroatoms. The zero-order valence-electron chi connectivity index (χ0n) is 11.2. The predicted octanol–water partition coefficient (Wildman–Crippen LogP) is 3.06. The average Bonchev–Trinajstić information content (AvgIpc) is 2.38. The molecular weight excluding hydrogens is 226 g/mol. The van der Waals surface area contributed by atoms with Crippen LogP contribution in [0.2, 0.25) is 0 Å². The second-order valence-electron chi connectivity index (χ2n) is 5.71. The van der Waals surface area contributed by atoms with Gasteiger partial charge in [-0.25, -0.2) is 0 Å². The summed E-state index contributed by atoms with van der Waals surface area (Å²) in [6.07, 6.45) is 11.0. The number of piperidine rings is 1. The molecule has 1 aliphatic carbocycles. The number of carboxylic acids is 1. The van der Waals surface area contributed by atoms with Crippen LogP contribution < -0.4 is 0 Å². The molecule has 1 aliphatic heterocycles. The molecule has 2 rings (SSSR count). The summed E-state index contributed by atoms with van der Waals surface area (Å²) in [6, 6.07) is 0.285. The van der Waals surface area contributed by atoms with E-state index < -0.39 is 5.97 Å². The summed E-state index contributed by atoms with van der Waals surface area (Å²) >= 11 is 0. The minimum absolute atomic E-state index is 0.242. The van der Waals surface area contributed by atoms with Crippen molar-refractivity contribution in [2.24, 2.45) is 5.92 Å². The van der Waals surface area contributed by atoms with Crippen LogP contribution in [0, 0.1) is 5.92 Å². The molecule has 18 heavy (non-hydrogen) atoms. The number of aliphatic carboxylic acids is 1. The highest BCUT2D eigenvalue weighted by molar-refractivity contribution is 5.73. The summed E-state index contributed by atoms with van der Waals surface area (Å²) in [5.74, 6) is 0.121. The minimum Gasteiger partial charge on any atom is -0.480 e. The van der Waals surface area contributed by atoms with Crippen molar-refractivity contribution in [2.45, 2.75) is 63.5 Å². The highest BCUT2D eigenvalue weighted by atomic mass is 16.4.